The van der Waals surface area contributed by atoms with Crippen LogP contribution in [0.1, 0.15) is 16.7 Å². The van der Waals surface area contributed by atoms with Gasteiger partial charge in [-0.25, -0.2) is 0 Å². The second-order valence-electron chi connectivity index (χ2n) is 6.49. The Labute approximate surface area is 185 Å². The number of nitriles is 1. The third kappa shape index (κ3) is 5.42. The molecule has 0 unspecified atom stereocenters. The van der Waals surface area contributed by atoms with Crippen molar-refractivity contribution in [1.29, 1.82) is 5.26 Å². The van der Waals surface area contributed by atoms with Gasteiger partial charge in [0.15, 0.2) is 0 Å². The lowest BCUT2D eigenvalue weighted by Gasteiger charge is -2.11. The van der Waals surface area contributed by atoms with Gasteiger partial charge in [0.2, 0.25) is 0 Å². The third-order valence-electron chi connectivity index (χ3n) is 4.38. The Morgan fingerprint density at radius 3 is 2.63 bits per heavy atom. The molecule has 0 aromatic heterocycles. The first-order chi connectivity index (χ1) is 14.5. The third-order valence-corrected chi connectivity index (χ3v) is 5.03. The van der Waals surface area contributed by atoms with Crippen molar-refractivity contribution in [3.8, 4) is 11.8 Å². The molecule has 0 heterocycles. The van der Waals surface area contributed by atoms with Crippen LogP contribution < -0.4 is 10.1 Å². The monoisotopic (exact) mass is 436 g/mol. The Morgan fingerprint density at radius 2 is 1.87 bits per heavy atom. The Hall–Kier alpha value is -3.26. The molecule has 3 rings (SSSR count). The van der Waals surface area contributed by atoms with Crippen molar-refractivity contribution in [2.45, 2.75) is 13.5 Å². The molecule has 3 aromatic rings. The first-order valence-electron chi connectivity index (χ1n) is 9.12. The molecule has 3 aromatic carbocycles. The minimum atomic E-state index is -0.521. The average Bonchev–Trinajstić information content (AvgIpc) is 2.74. The molecular weight excluding hydrogens is 419 g/mol. The average molecular weight is 437 g/mol. The summed E-state index contributed by atoms with van der Waals surface area (Å²) in [5.74, 6) is 0.0319. The molecule has 0 spiro atoms. The van der Waals surface area contributed by atoms with Crippen LogP contribution >= 0.6 is 23.2 Å². The van der Waals surface area contributed by atoms with Crippen LogP contribution in [0.3, 0.4) is 0 Å². The highest BCUT2D eigenvalue weighted by molar-refractivity contribution is 6.32. The van der Waals surface area contributed by atoms with Crippen LogP contribution in [0, 0.1) is 18.3 Å². The number of nitrogens with zero attached hydrogens (tertiary/aromatic N) is 1. The predicted octanol–water partition coefficient (Wildman–Crippen LogP) is 6.43. The zero-order valence-corrected chi connectivity index (χ0v) is 17.7. The first-order valence-corrected chi connectivity index (χ1v) is 9.88. The fraction of sp³-hybridized carbons (Fsp3) is 0.0833. The molecule has 0 atom stereocenters. The molecule has 4 nitrogen and oxygen atoms in total. The standard InChI is InChI=1S/C24H18Cl2N2O2/c1-16-21(26)9-5-10-22(16)28-24(29)19(14-27)13-18-7-2-3-11-23(18)30-15-17-6-4-8-20(25)12-17/h2-13H,15H2,1H3,(H,28,29)/b19-13+. The first kappa shape index (κ1) is 21.4. The van der Waals surface area contributed by atoms with Gasteiger partial charge in [-0.1, -0.05) is 59.6 Å². The maximum atomic E-state index is 12.6. The molecule has 1 N–H and O–H groups in total. The highest BCUT2D eigenvalue weighted by Gasteiger charge is 2.13. The van der Waals surface area contributed by atoms with Gasteiger partial charge in [0.1, 0.15) is 24.0 Å². The van der Waals surface area contributed by atoms with Crippen molar-refractivity contribution < 1.29 is 9.53 Å². The number of ether oxygens (including phenoxy) is 1. The van der Waals surface area contributed by atoms with Crippen molar-refractivity contribution in [3.05, 3.63) is 99.0 Å². The number of rotatable bonds is 6. The van der Waals surface area contributed by atoms with Gasteiger partial charge in [0.25, 0.3) is 5.91 Å². The molecule has 0 fully saturated rings. The van der Waals surface area contributed by atoms with Crippen molar-refractivity contribution in [1.82, 2.24) is 0 Å². The number of para-hydroxylation sites is 1. The molecule has 0 aliphatic carbocycles. The Morgan fingerprint density at radius 1 is 1.10 bits per heavy atom. The van der Waals surface area contributed by atoms with E-state index < -0.39 is 5.91 Å². The second kappa shape index (κ2) is 9.98. The lowest BCUT2D eigenvalue weighted by atomic mass is 10.1. The SMILES string of the molecule is Cc1c(Cl)cccc1NC(=O)/C(C#N)=C/c1ccccc1OCc1cccc(Cl)c1. The van der Waals surface area contributed by atoms with Crippen LogP contribution in [0.2, 0.25) is 10.0 Å². The number of hydrogen-bond acceptors (Lipinski definition) is 3. The van der Waals surface area contributed by atoms with Gasteiger partial charge in [-0.3, -0.25) is 4.79 Å². The van der Waals surface area contributed by atoms with Crippen molar-refractivity contribution in [2.75, 3.05) is 5.32 Å². The molecule has 1 amide bonds. The Balaban J connectivity index is 1.81. The summed E-state index contributed by atoms with van der Waals surface area (Å²) in [4.78, 5) is 12.6. The van der Waals surface area contributed by atoms with Crippen molar-refractivity contribution >= 4 is 40.9 Å². The lowest BCUT2D eigenvalue weighted by Crippen LogP contribution is -2.14. The summed E-state index contributed by atoms with van der Waals surface area (Å²) in [6.07, 6.45) is 1.50. The molecule has 30 heavy (non-hydrogen) atoms. The summed E-state index contributed by atoms with van der Waals surface area (Å²) in [6, 6.07) is 21.7. The molecular formula is C24H18Cl2N2O2. The van der Waals surface area contributed by atoms with E-state index in [1.807, 2.05) is 36.4 Å². The van der Waals surface area contributed by atoms with Gasteiger partial charge in [-0.15, -0.1) is 0 Å². The number of carbonyl (C=O) groups excluding carboxylic acids is 1. The number of nitrogens with one attached hydrogen (secondary N) is 1. The van der Waals surface area contributed by atoms with Crippen LogP contribution in [0.5, 0.6) is 5.75 Å². The lowest BCUT2D eigenvalue weighted by molar-refractivity contribution is -0.112. The second-order valence-corrected chi connectivity index (χ2v) is 7.34. The van der Waals surface area contributed by atoms with Gasteiger partial charge in [-0.2, -0.15) is 5.26 Å². The van der Waals surface area contributed by atoms with Gasteiger partial charge in [-0.05, 0) is 54.5 Å². The Bertz CT molecular complexity index is 1150. The topological polar surface area (TPSA) is 62.1 Å². The van der Waals surface area contributed by atoms with E-state index in [1.165, 1.54) is 6.08 Å². The van der Waals surface area contributed by atoms with Gasteiger partial charge < -0.3 is 10.1 Å². The van der Waals surface area contributed by atoms with Gasteiger partial charge in [0, 0.05) is 21.3 Å². The fourth-order valence-electron chi connectivity index (χ4n) is 2.76. The highest BCUT2D eigenvalue weighted by atomic mass is 35.5. The summed E-state index contributed by atoms with van der Waals surface area (Å²) < 4.78 is 5.89. The maximum Gasteiger partial charge on any atom is 0.266 e. The van der Waals surface area contributed by atoms with Crippen LogP contribution in [0.25, 0.3) is 6.08 Å². The zero-order chi connectivity index (χ0) is 21.5. The van der Waals surface area contributed by atoms with Crippen LogP contribution in [-0.4, -0.2) is 5.91 Å². The van der Waals surface area contributed by atoms with E-state index in [4.69, 9.17) is 27.9 Å². The van der Waals surface area contributed by atoms with E-state index in [-0.39, 0.29) is 5.57 Å². The summed E-state index contributed by atoms with van der Waals surface area (Å²) in [6.45, 7) is 2.11. The Kier molecular flexibility index (Phi) is 7.13. The molecule has 0 aliphatic rings. The smallest absolute Gasteiger partial charge is 0.266 e. The van der Waals surface area contributed by atoms with Gasteiger partial charge >= 0.3 is 0 Å². The minimum absolute atomic E-state index is 0.0480. The van der Waals surface area contributed by atoms with E-state index in [9.17, 15) is 10.1 Å². The van der Waals surface area contributed by atoms with E-state index in [1.54, 1.807) is 43.3 Å². The molecule has 0 radical (unpaired) electrons. The molecule has 0 aliphatic heterocycles. The number of amides is 1. The van der Waals surface area contributed by atoms with Crippen molar-refractivity contribution in [2.24, 2.45) is 0 Å². The van der Waals surface area contributed by atoms with Gasteiger partial charge in [0.05, 0.1) is 0 Å². The number of hydrogen-bond donors (Lipinski definition) is 1. The largest absolute Gasteiger partial charge is 0.488 e. The zero-order valence-electron chi connectivity index (χ0n) is 16.2. The van der Waals surface area contributed by atoms with Crippen LogP contribution in [0.4, 0.5) is 5.69 Å². The van der Waals surface area contributed by atoms with E-state index in [2.05, 4.69) is 5.32 Å². The summed E-state index contributed by atoms with van der Waals surface area (Å²) >= 11 is 12.1. The minimum Gasteiger partial charge on any atom is -0.488 e. The predicted molar refractivity (Wildman–Crippen MR) is 121 cm³/mol. The van der Waals surface area contributed by atoms with Crippen molar-refractivity contribution in [3.63, 3.8) is 0 Å². The fourth-order valence-corrected chi connectivity index (χ4v) is 3.14. The molecule has 150 valence electrons. The summed E-state index contributed by atoms with van der Waals surface area (Å²) in [7, 11) is 0. The molecule has 0 bridgehead atoms. The molecule has 0 saturated heterocycles. The number of anilines is 1. The summed E-state index contributed by atoms with van der Waals surface area (Å²) in [5.41, 5.74) is 2.77. The van der Waals surface area contributed by atoms with Crippen LogP contribution in [-0.2, 0) is 11.4 Å². The summed E-state index contributed by atoms with van der Waals surface area (Å²) in [5, 5.41) is 13.4. The number of benzene rings is 3. The number of carbonyl (C=O) groups is 1. The maximum absolute atomic E-state index is 12.6. The molecule has 0 saturated carbocycles. The normalized spacial score (nSPS) is 10.9. The van der Waals surface area contributed by atoms with E-state index >= 15 is 0 Å². The quantitative estimate of drug-likeness (QED) is 0.357. The highest BCUT2D eigenvalue weighted by Crippen LogP contribution is 2.25. The van der Waals surface area contributed by atoms with E-state index in [0.717, 1.165) is 11.1 Å². The van der Waals surface area contributed by atoms with E-state index in [0.29, 0.717) is 33.7 Å². The van der Waals surface area contributed by atoms with Crippen LogP contribution in [0.15, 0.2) is 72.3 Å². The number of halogens is 2. The molecule has 6 heteroatoms.